The van der Waals surface area contributed by atoms with Crippen LogP contribution >= 0.6 is 27.3 Å². The Hall–Kier alpha value is -1.70. The van der Waals surface area contributed by atoms with Crippen LogP contribution in [-0.2, 0) is 6.54 Å². The third-order valence-corrected chi connectivity index (χ3v) is 6.16. The number of imidazole rings is 1. The maximum atomic E-state index is 5.49. The van der Waals surface area contributed by atoms with Gasteiger partial charge in [-0.3, -0.25) is 4.90 Å². The van der Waals surface area contributed by atoms with E-state index in [0.29, 0.717) is 5.92 Å². The summed E-state index contributed by atoms with van der Waals surface area (Å²) in [6, 6.07) is 6.02. The molecule has 4 rings (SSSR count). The highest BCUT2D eigenvalue weighted by Gasteiger charge is 2.23. The first kappa shape index (κ1) is 17.7. The van der Waals surface area contributed by atoms with Crippen molar-refractivity contribution < 1.29 is 4.74 Å². The molecule has 0 spiro atoms. The summed E-state index contributed by atoms with van der Waals surface area (Å²) >= 11 is 5.21. The van der Waals surface area contributed by atoms with E-state index in [-0.39, 0.29) is 0 Å². The zero-order chi connectivity index (χ0) is 17.9. The van der Waals surface area contributed by atoms with E-state index in [0.717, 1.165) is 51.9 Å². The molecule has 3 heterocycles. The molecule has 1 unspecified atom stereocenters. The number of piperidine rings is 1. The van der Waals surface area contributed by atoms with Crippen LogP contribution in [0.25, 0.3) is 10.6 Å². The largest absolute Gasteiger partial charge is 0.496 e. The van der Waals surface area contributed by atoms with E-state index in [1.54, 1.807) is 18.4 Å². The van der Waals surface area contributed by atoms with Crippen molar-refractivity contribution in [1.29, 1.82) is 0 Å². The fraction of sp³-hybridized carbons (Fsp3) is 0.368. The lowest BCUT2D eigenvalue weighted by Gasteiger charge is -2.31. The van der Waals surface area contributed by atoms with Crippen molar-refractivity contribution in [3.63, 3.8) is 0 Å². The summed E-state index contributed by atoms with van der Waals surface area (Å²) in [6.45, 7) is 3.02. The van der Waals surface area contributed by atoms with Crippen LogP contribution in [0.2, 0.25) is 0 Å². The summed E-state index contributed by atoms with van der Waals surface area (Å²) < 4.78 is 6.52. The Bertz CT molecular complexity index is 864. The van der Waals surface area contributed by atoms with Crippen LogP contribution in [0.5, 0.6) is 5.75 Å². The number of aromatic amines is 1. The molecular formula is C19H21BrN4OS. The zero-order valence-electron chi connectivity index (χ0n) is 14.6. The Labute approximate surface area is 165 Å². The van der Waals surface area contributed by atoms with Gasteiger partial charge in [0.05, 0.1) is 18.4 Å². The SMILES string of the molecule is COc1ccc(Br)cc1-c1nc(CN2CCCC(c3ncc[nH]3)C2)cs1. The molecule has 3 aromatic rings. The predicted molar refractivity (Wildman–Crippen MR) is 108 cm³/mol. The lowest BCUT2D eigenvalue weighted by Crippen LogP contribution is -2.34. The second-order valence-corrected chi connectivity index (χ2v) is 8.31. The lowest BCUT2D eigenvalue weighted by molar-refractivity contribution is 0.195. The summed E-state index contributed by atoms with van der Waals surface area (Å²) in [7, 11) is 1.70. The number of nitrogens with zero attached hydrogens (tertiary/aromatic N) is 3. The molecule has 136 valence electrons. The average Bonchev–Trinajstić information content (AvgIpc) is 3.34. The van der Waals surface area contributed by atoms with Gasteiger partial charge in [-0.05, 0) is 37.6 Å². The standard InChI is InChI=1S/C19H21BrN4OS/c1-25-17-5-4-14(20)9-16(17)19-23-15(12-26-19)11-24-8-2-3-13(10-24)18-21-6-7-22-18/h4-7,9,12-13H,2-3,8,10-11H2,1H3,(H,21,22). The molecule has 26 heavy (non-hydrogen) atoms. The molecule has 0 aliphatic carbocycles. The fourth-order valence-corrected chi connectivity index (χ4v) is 4.70. The number of hydrogen-bond acceptors (Lipinski definition) is 5. The van der Waals surface area contributed by atoms with E-state index >= 15 is 0 Å². The number of likely N-dealkylation sites (tertiary alicyclic amines) is 1. The monoisotopic (exact) mass is 432 g/mol. The Kier molecular flexibility index (Phi) is 5.38. The zero-order valence-corrected chi connectivity index (χ0v) is 17.0. The van der Waals surface area contributed by atoms with Crippen molar-refractivity contribution in [1.82, 2.24) is 19.9 Å². The topological polar surface area (TPSA) is 54.0 Å². The summed E-state index contributed by atoms with van der Waals surface area (Å²) in [6.07, 6.45) is 6.14. The Morgan fingerprint density at radius 1 is 1.42 bits per heavy atom. The highest BCUT2D eigenvalue weighted by Crippen LogP contribution is 2.35. The quantitative estimate of drug-likeness (QED) is 0.635. The molecule has 1 saturated heterocycles. The minimum atomic E-state index is 0.488. The third-order valence-electron chi connectivity index (χ3n) is 4.74. The van der Waals surface area contributed by atoms with Crippen molar-refractivity contribution >= 4 is 27.3 Å². The number of hydrogen-bond donors (Lipinski definition) is 1. The fourth-order valence-electron chi connectivity index (χ4n) is 3.50. The van der Waals surface area contributed by atoms with Gasteiger partial charge in [0.15, 0.2) is 0 Å². The summed E-state index contributed by atoms with van der Waals surface area (Å²) in [5.41, 5.74) is 2.15. The van der Waals surface area contributed by atoms with Gasteiger partial charge in [0.25, 0.3) is 0 Å². The van der Waals surface area contributed by atoms with E-state index in [1.807, 2.05) is 24.5 Å². The van der Waals surface area contributed by atoms with Crippen molar-refractivity contribution in [2.75, 3.05) is 20.2 Å². The second-order valence-electron chi connectivity index (χ2n) is 6.54. The molecule has 7 heteroatoms. The molecule has 1 fully saturated rings. The Morgan fingerprint density at radius 3 is 3.15 bits per heavy atom. The van der Waals surface area contributed by atoms with Gasteiger partial charge in [-0.1, -0.05) is 15.9 Å². The molecule has 1 aliphatic heterocycles. The summed E-state index contributed by atoms with van der Waals surface area (Å²) in [4.78, 5) is 15.0. The van der Waals surface area contributed by atoms with Crippen LogP contribution in [0.3, 0.4) is 0 Å². The van der Waals surface area contributed by atoms with Gasteiger partial charge in [-0.2, -0.15) is 0 Å². The minimum Gasteiger partial charge on any atom is -0.496 e. The first-order valence-electron chi connectivity index (χ1n) is 8.73. The minimum absolute atomic E-state index is 0.488. The number of halogens is 1. The van der Waals surface area contributed by atoms with Gasteiger partial charge in [0, 0.05) is 41.3 Å². The van der Waals surface area contributed by atoms with Crippen LogP contribution in [0, 0.1) is 0 Å². The van der Waals surface area contributed by atoms with Crippen LogP contribution in [0.1, 0.15) is 30.3 Å². The Balaban J connectivity index is 1.48. The summed E-state index contributed by atoms with van der Waals surface area (Å²) in [5, 5.41) is 3.16. The van der Waals surface area contributed by atoms with Crippen LogP contribution in [-0.4, -0.2) is 40.1 Å². The normalized spacial score (nSPS) is 18.2. The molecule has 0 radical (unpaired) electrons. The Morgan fingerprint density at radius 2 is 2.35 bits per heavy atom. The van der Waals surface area contributed by atoms with Crippen molar-refractivity contribution in [2.45, 2.75) is 25.3 Å². The van der Waals surface area contributed by atoms with Gasteiger partial charge < -0.3 is 9.72 Å². The second kappa shape index (κ2) is 7.90. The predicted octanol–water partition coefficient (Wildman–Crippen LogP) is 4.68. The molecule has 1 N–H and O–H groups in total. The van der Waals surface area contributed by atoms with Crippen LogP contribution in [0.4, 0.5) is 0 Å². The molecule has 1 aromatic carbocycles. The number of ether oxygens (including phenoxy) is 1. The number of benzene rings is 1. The van der Waals surface area contributed by atoms with Crippen molar-refractivity contribution in [3.8, 4) is 16.3 Å². The molecular weight excluding hydrogens is 412 g/mol. The van der Waals surface area contributed by atoms with E-state index in [2.05, 4.69) is 42.2 Å². The number of thiazole rings is 1. The molecule has 5 nitrogen and oxygen atoms in total. The lowest BCUT2D eigenvalue weighted by atomic mass is 9.97. The van der Waals surface area contributed by atoms with Crippen molar-refractivity contribution in [2.24, 2.45) is 0 Å². The molecule has 0 saturated carbocycles. The number of nitrogens with one attached hydrogen (secondary N) is 1. The maximum Gasteiger partial charge on any atom is 0.129 e. The summed E-state index contributed by atoms with van der Waals surface area (Å²) in [5.74, 6) is 2.44. The van der Waals surface area contributed by atoms with Gasteiger partial charge in [0.1, 0.15) is 16.6 Å². The van der Waals surface area contributed by atoms with Gasteiger partial charge in [-0.25, -0.2) is 9.97 Å². The number of methoxy groups -OCH3 is 1. The molecule has 1 aliphatic rings. The number of H-pyrrole nitrogens is 1. The first-order chi connectivity index (χ1) is 12.7. The van der Waals surface area contributed by atoms with E-state index in [9.17, 15) is 0 Å². The van der Waals surface area contributed by atoms with Gasteiger partial charge >= 0.3 is 0 Å². The highest BCUT2D eigenvalue weighted by molar-refractivity contribution is 9.10. The smallest absolute Gasteiger partial charge is 0.129 e. The maximum absolute atomic E-state index is 5.49. The molecule has 2 aromatic heterocycles. The van der Waals surface area contributed by atoms with Gasteiger partial charge in [-0.15, -0.1) is 11.3 Å². The van der Waals surface area contributed by atoms with E-state index in [1.165, 1.54) is 12.8 Å². The molecule has 0 bridgehead atoms. The molecule has 1 atom stereocenters. The number of aromatic nitrogens is 3. The van der Waals surface area contributed by atoms with Gasteiger partial charge in [0.2, 0.25) is 0 Å². The van der Waals surface area contributed by atoms with Crippen LogP contribution in [0.15, 0.2) is 40.4 Å². The first-order valence-corrected chi connectivity index (χ1v) is 10.4. The van der Waals surface area contributed by atoms with E-state index < -0.39 is 0 Å². The highest BCUT2D eigenvalue weighted by atomic mass is 79.9. The third kappa shape index (κ3) is 3.84. The van der Waals surface area contributed by atoms with Crippen LogP contribution < -0.4 is 4.74 Å². The number of rotatable bonds is 5. The molecule has 0 amide bonds. The van der Waals surface area contributed by atoms with Crippen molar-refractivity contribution in [3.05, 3.63) is 52.0 Å². The average molecular weight is 433 g/mol. The van der Waals surface area contributed by atoms with E-state index in [4.69, 9.17) is 9.72 Å².